The fourth-order valence-corrected chi connectivity index (χ4v) is 4.14. The molecule has 0 bridgehead atoms. The molecule has 0 radical (unpaired) electrons. The minimum absolute atomic E-state index is 0.0317. The van der Waals surface area contributed by atoms with Crippen molar-refractivity contribution < 1.29 is 34.1 Å². The Bertz CT molecular complexity index is 1270. The molecule has 0 amide bonds. The predicted molar refractivity (Wildman–Crippen MR) is 103 cm³/mol. The number of esters is 1. The molecule has 0 saturated carbocycles. The number of methoxy groups -OCH3 is 1. The van der Waals surface area contributed by atoms with Gasteiger partial charge in [0.15, 0.2) is 29.2 Å². The van der Waals surface area contributed by atoms with Crippen molar-refractivity contribution in [1.82, 2.24) is 0 Å². The fraction of sp³-hybridized carbons (Fsp3) is 0.0870. The monoisotopic (exact) mass is 402 g/mol. The maximum absolute atomic E-state index is 13.5. The van der Waals surface area contributed by atoms with E-state index in [-0.39, 0.29) is 44.9 Å². The van der Waals surface area contributed by atoms with Crippen LogP contribution >= 0.6 is 0 Å². The van der Waals surface area contributed by atoms with Gasteiger partial charge in [0.25, 0.3) is 0 Å². The second kappa shape index (κ2) is 6.18. The number of carbonyl (C=O) groups excluding carboxylic acids is 3. The molecule has 3 aromatic rings. The third-order valence-electron chi connectivity index (χ3n) is 5.42. The minimum Gasteiger partial charge on any atom is -0.507 e. The number of rotatable bonds is 2. The van der Waals surface area contributed by atoms with Crippen LogP contribution in [0, 0.1) is 0 Å². The molecular weight excluding hydrogens is 388 g/mol. The first-order chi connectivity index (χ1) is 14.4. The SMILES string of the molecule is COc1c(O)ccc2c1C(=O)c1c(cc(O)c3c1[C@H](c1ccccc1)OC3=O)C2=O. The van der Waals surface area contributed by atoms with Crippen molar-refractivity contribution in [2.24, 2.45) is 0 Å². The maximum Gasteiger partial charge on any atom is 0.343 e. The van der Waals surface area contributed by atoms with E-state index in [9.17, 15) is 24.6 Å². The number of aromatic hydroxyl groups is 2. The molecule has 2 aliphatic rings. The van der Waals surface area contributed by atoms with Crippen molar-refractivity contribution in [1.29, 1.82) is 0 Å². The van der Waals surface area contributed by atoms with E-state index in [0.717, 1.165) is 6.07 Å². The van der Waals surface area contributed by atoms with Crippen LogP contribution in [0.25, 0.3) is 0 Å². The van der Waals surface area contributed by atoms with E-state index >= 15 is 0 Å². The average Bonchev–Trinajstić information content (AvgIpc) is 3.10. The first kappa shape index (κ1) is 17.9. The molecule has 30 heavy (non-hydrogen) atoms. The summed E-state index contributed by atoms with van der Waals surface area (Å²) >= 11 is 0. The third-order valence-corrected chi connectivity index (χ3v) is 5.42. The van der Waals surface area contributed by atoms with Crippen LogP contribution in [0.5, 0.6) is 17.2 Å². The minimum atomic E-state index is -0.962. The van der Waals surface area contributed by atoms with E-state index in [4.69, 9.17) is 9.47 Å². The van der Waals surface area contributed by atoms with Gasteiger partial charge < -0.3 is 19.7 Å². The topological polar surface area (TPSA) is 110 Å². The zero-order valence-electron chi connectivity index (χ0n) is 15.6. The molecule has 0 aromatic heterocycles. The van der Waals surface area contributed by atoms with Crippen molar-refractivity contribution in [2.45, 2.75) is 6.10 Å². The molecule has 0 saturated heterocycles. The molecule has 0 spiro atoms. The molecule has 5 rings (SSSR count). The van der Waals surface area contributed by atoms with E-state index in [1.165, 1.54) is 19.2 Å². The van der Waals surface area contributed by atoms with Crippen molar-refractivity contribution in [2.75, 3.05) is 7.11 Å². The first-order valence-corrected chi connectivity index (χ1v) is 9.09. The van der Waals surface area contributed by atoms with Crippen LogP contribution < -0.4 is 4.74 Å². The molecule has 1 aliphatic heterocycles. The molecule has 2 N–H and O–H groups in total. The molecule has 1 heterocycles. The van der Waals surface area contributed by atoms with Gasteiger partial charge >= 0.3 is 5.97 Å². The van der Waals surface area contributed by atoms with Crippen LogP contribution in [0.4, 0.5) is 0 Å². The second-order valence-corrected chi connectivity index (χ2v) is 7.00. The fourth-order valence-electron chi connectivity index (χ4n) is 4.14. The summed E-state index contributed by atoms with van der Waals surface area (Å²) in [5, 5.41) is 20.6. The lowest BCUT2D eigenvalue weighted by molar-refractivity contribution is 0.0452. The summed E-state index contributed by atoms with van der Waals surface area (Å²) in [7, 11) is 1.28. The van der Waals surface area contributed by atoms with Crippen LogP contribution in [-0.4, -0.2) is 34.9 Å². The van der Waals surface area contributed by atoms with E-state index in [0.29, 0.717) is 5.56 Å². The van der Waals surface area contributed by atoms with Crippen LogP contribution in [0.15, 0.2) is 48.5 Å². The van der Waals surface area contributed by atoms with Gasteiger partial charge in [-0.25, -0.2) is 4.79 Å². The molecule has 0 fully saturated rings. The quantitative estimate of drug-likeness (QED) is 0.496. The van der Waals surface area contributed by atoms with Crippen LogP contribution in [0.3, 0.4) is 0 Å². The number of ether oxygens (including phenoxy) is 2. The number of ketones is 2. The van der Waals surface area contributed by atoms with Gasteiger partial charge in [0.05, 0.1) is 12.7 Å². The van der Waals surface area contributed by atoms with Crippen molar-refractivity contribution in [3.8, 4) is 17.2 Å². The Hall–Kier alpha value is -4.13. The smallest absolute Gasteiger partial charge is 0.343 e. The molecule has 1 aliphatic carbocycles. The Balaban J connectivity index is 1.85. The Morgan fingerprint density at radius 3 is 2.27 bits per heavy atom. The first-order valence-electron chi connectivity index (χ1n) is 9.09. The zero-order chi connectivity index (χ0) is 21.2. The van der Waals surface area contributed by atoms with Crippen LogP contribution in [-0.2, 0) is 4.74 Å². The normalized spacial score (nSPS) is 16.6. The van der Waals surface area contributed by atoms with Gasteiger partial charge in [0.2, 0.25) is 0 Å². The van der Waals surface area contributed by atoms with Gasteiger partial charge in [-0.1, -0.05) is 30.3 Å². The van der Waals surface area contributed by atoms with Gasteiger partial charge in [-0.2, -0.15) is 0 Å². The molecular formula is C23H14O7. The number of hydrogen-bond donors (Lipinski definition) is 2. The number of phenols is 2. The number of hydrogen-bond acceptors (Lipinski definition) is 7. The van der Waals surface area contributed by atoms with Crippen molar-refractivity contribution in [3.05, 3.63) is 87.5 Å². The second-order valence-electron chi connectivity index (χ2n) is 7.00. The Kier molecular flexibility index (Phi) is 3.70. The average molecular weight is 402 g/mol. The number of fused-ring (bicyclic) bond motifs is 4. The summed E-state index contributed by atoms with van der Waals surface area (Å²) in [6, 6.07) is 12.4. The van der Waals surface area contributed by atoms with Gasteiger partial charge in [-0.15, -0.1) is 0 Å². The number of phenolic OH excluding ortho intramolecular Hbond substituents is 2. The summed E-state index contributed by atoms with van der Waals surface area (Å²) < 4.78 is 10.7. The van der Waals surface area contributed by atoms with E-state index in [1.807, 2.05) is 0 Å². The highest BCUT2D eigenvalue weighted by atomic mass is 16.5. The van der Waals surface area contributed by atoms with Crippen LogP contribution in [0.2, 0.25) is 0 Å². The van der Waals surface area contributed by atoms with Gasteiger partial charge in [0.1, 0.15) is 11.3 Å². The highest BCUT2D eigenvalue weighted by Crippen LogP contribution is 2.47. The van der Waals surface area contributed by atoms with E-state index in [2.05, 4.69) is 0 Å². The Labute approximate surface area is 170 Å². The van der Waals surface area contributed by atoms with Gasteiger partial charge in [-0.3, -0.25) is 9.59 Å². The van der Waals surface area contributed by atoms with Gasteiger partial charge in [0, 0.05) is 22.3 Å². The number of carbonyl (C=O) groups is 3. The summed E-state index contributed by atoms with van der Waals surface area (Å²) in [6.45, 7) is 0. The predicted octanol–water partition coefficient (Wildman–Crippen LogP) is 3.14. The molecule has 1 atom stereocenters. The lowest BCUT2D eigenvalue weighted by atomic mass is 9.78. The molecule has 7 heteroatoms. The molecule has 0 unspecified atom stereocenters. The van der Waals surface area contributed by atoms with E-state index < -0.39 is 29.4 Å². The molecule has 7 nitrogen and oxygen atoms in total. The lowest BCUT2D eigenvalue weighted by Gasteiger charge is -2.23. The highest BCUT2D eigenvalue weighted by Gasteiger charge is 2.44. The summed E-state index contributed by atoms with van der Waals surface area (Å²) in [6.07, 6.45) is -0.962. The van der Waals surface area contributed by atoms with Crippen molar-refractivity contribution >= 4 is 17.5 Å². The summed E-state index contributed by atoms with van der Waals surface area (Å²) in [4.78, 5) is 39.3. The number of cyclic esters (lactones) is 1. The molecule has 3 aromatic carbocycles. The molecule has 148 valence electrons. The zero-order valence-corrected chi connectivity index (χ0v) is 15.6. The summed E-state index contributed by atoms with van der Waals surface area (Å²) in [5.74, 6) is -2.75. The summed E-state index contributed by atoms with van der Waals surface area (Å²) in [5.41, 5.74) is 0.463. The Morgan fingerprint density at radius 2 is 1.57 bits per heavy atom. The largest absolute Gasteiger partial charge is 0.507 e. The van der Waals surface area contributed by atoms with E-state index in [1.54, 1.807) is 30.3 Å². The standard InChI is InChI=1S/C23H14O7/c1-29-22-13(24)8-7-11-16(22)20(27)15-12(19(11)26)9-14(25)17-18(15)21(30-23(17)28)10-5-3-2-4-6-10/h2-9,21,24-25H,1H3/t21-/m0/s1. The van der Waals surface area contributed by atoms with Crippen LogP contribution in [0.1, 0.15) is 59.4 Å². The van der Waals surface area contributed by atoms with Gasteiger partial charge in [-0.05, 0) is 23.8 Å². The maximum atomic E-state index is 13.5. The highest BCUT2D eigenvalue weighted by molar-refractivity contribution is 6.31. The lowest BCUT2D eigenvalue weighted by Crippen LogP contribution is -2.24. The number of benzene rings is 3. The Morgan fingerprint density at radius 1 is 0.833 bits per heavy atom. The third kappa shape index (κ3) is 2.23. The van der Waals surface area contributed by atoms with Crippen molar-refractivity contribution in [3.63, 3.8) is 0 Å².